The van der Waals surface area contributed by atoms with E-state index < -0.39 is 47.5 Å². The molecule has 3 aromatic rings. The zero-order valence-electron chi connectivity index (χ0n) is 15.5. The highest BCUT2D eigenvalue weighted by Crippen LogP contribution is 2.38. The third-order valence-electron chi connectivity index (χ3n) is 4.21. The molecule has 0 aliphatic rings. The molecule has 0 saturated heterocycles. The fourth-order valence-corrected chi connectivity index (χ4v) is 2.92. The molecule has 1 heterocycles. The number of nitrogens with zero attached hydrogens (tertiary/aromatic N) is 1. The molecule has 2 aromatic carbocycles. The number of halogens is 6. The van der Waals surface area contributed by atoms with Gasteiger partial charge in [-0.1, -0.05) is 28.9 Å². The van der Waals surface area contributed by atoms with Crippen molar-refractivity contribution in [1.29, 1.82) is 0 Å². The smallest absolute Gasteiger partial charge is 0.452 e. The number of hydrogen-bond donors (Lipinski definition) is 1. The Morgan fingerprint density at radius 2 is 1.74 bits per heavy atom. The maximum Gasteiger partial charge on any atom is 0.452 e. The van der Waals surface area contributed by atoms with Gasteiger partial charge in [-0.15, -0.1) is 0 Å². The Kier molecular flexibility index (Phi) is 6.49. The molecule has 3 rings (SSSR count). The molecule has 1 aromatic heterocycles. The first-order valence-corrected chi connectivity index (χ1v) is 9.08. The molecule has 0 unspecified atom stereocenters. The molecule has 164 valence electrons. The van der Waals surface area contributed by atoms with Gasteiger partial charge in [0, 0.05) is 17.0 Å². The summed E-state index contributed by atoms with van der Waals surface area (Å²) in [5.74, 6) is -5.88. The molecular formula is C20H13ClF5NO4. The van der Waals surface area contributed by atoms with Crippen molar-refractivity contribution in [2.24, 2.45) is 0 Å². The minimum Gasteiger partial charge on any atom is -0.483 e. The molecule has 0 amide bonds. The fourth-order valence-electron chi connectivity index (χ4n) is 2.79. The quantitative estimate of drug-likeness (QED) is 0.444. The van der Waals surface area contributed by atoms with Gasteiger partial charge in [0.2, 0.25) is 5.76 Å². The summed E-state index contributed by atoms with van der Waals surface area (Å²) in [5.41, 5.74) is -0.480. The highest BCUT2D eigenvalue weighted by atomic mass is 35.5. The normalized spacial score (nSPS) is 11.5. The molecule has 0 aliphatic heterocycles. The van der Waals surface area contributed by atoms with Crippen LogP contribution in [0.3, 0.4) is 0 Å². The number of aryl methyl sites for hydroxylation is 1. The molecule has 0 spiro atoms. The first kappa shape index (κ1) is 22.5. The van der Waals surface area contributed by atoms with Gasteiger partial charge in [-0.2, -0.15) is 13.2 Å². The Labute approximate surface area is 177 Å². The number of carboxylic acid groups (broad SMARTS) is 1. The second-order valence-corrected chi connectivity index (χ2v) is 6.85. The summed E-state index contributed by atoms with van der Waals surface area (Å²) < 4.78 is 78.0. The average Bonchev–Trinajstić information content (AvgIpc) is 3.10. The molecular weight excluding hydrogens is 449 g/mol. The standard InChI is InChI=1S/C20H13ClF5NO4/c21-12-4-2-11(3-5-12)17-13(19(31-27-17)20(24,25)26)9-30-18-14(22)7-10(8-15(18)23)1-6-16(28)29/h2-5,7-8H,1,6,9H2,(H,28,29). The van der Waals surface area contributed by atoms with Crippen molar-refractivity contribution in [3.8, 4) is 17.0 Å². The molecule has 0 atom stereocenters. The maximum atomic E-state index is 14.3. The van der Waals surface area contributed by atoms with Crippen molar-refractivity contribution in [2.75, 3.05) is 0 Å². The number of benzene rings is 2. The van der Waals surface area contributed by atoms with Crippen LogP contribution < -0.4 is 4.74 Å². The zero-order valence-corrected chi connectivity index (χ0v) is 16.2. The van der Waals surface area contributed by atoms with E-state index in [9.17, 15) is 26.7 Å². The Hall–Kier alpha value is -3.14. The predicted molar refractivity (Wildman–Crippen MR) is 98.6 cm³/mol. The van der Waals surface area contributed by atoms with Crippen molar-refractivity contribution in [3.63, 3.8) is 0 Å². The van der Waals surface area contributed by atoms with Gasteiger partial charge < -0.3 is 14.4 Å². The van der Waals surface area contributed by atoms with E-state index in [-0.39, 0.29) is 29.7 Å². The summed E-state index contributed by atoms with van der Waals surface area (Å²) >= 11 is 5.78. The van der Waals surface area contributed by atoms with Gasteiger partial charge in [0.25, 0.3) is 0 Å². The van der Waals surface area contributed by atoms with E-state index in [2.05, 4.69) is 9.68 Å². The van der Waals surface area contributed by atoms with Gasteiger partial charge in [-0.3, -0.25) is 4.79 Å². The van der Waals surface area contributed by atoms with Crippen molar-refractivity contribution in [2.45, 2.75) is 25.6 Å². The van der Waals surface area contributed by atoms with E-state index in [1.165, 1.54) is 24.3 Å². The van der Waals surface area contributed by atoms with E-state index in [0.717, 1.165) is 12.1 Å². The first-order chi connectivity index (χ1) is 14.6. The second-order valence-electron chi connectivity index (χ2n) is 6.41. The van der Waals surface area contributed by atoms with Crippen LogP contribution in [0.1, 0.15) is 23.3 Å². The number of carboxylic acids is 1. The lowest BCUT2D eigenvalue weighted by atomic mass is 10.1. The first-order valence-electron chi connectivity index (χ1n) is 8.70. The summed E-state index contributed by atoms with van der Waals surface area (Å²) in [6.07, 6.45) is -5.40. The number of aromatic nitrogens is 1. The monoisotopic (exact) mass is 461 g/mol. The Morgan fingerprint density at radius 3 is 2.29 bits per heavy atom. The van der Waals surface area contributed by atoms with Crippen LogP contribution in [-0.4, -0.2) is 16.2 Å². The van der Waals surface area contributed by atoms with Crippen LogP contribution in [0.2, 0.25) is 5.02 Å². The number of ether oxygens (including phenoxy) is 1. The Morgan fingerprint density at radius 1 is 1.13 bits per heavy atom. The number of alkyl halides is 3. The topological polar surface area (TPSA) is 72.6 Å². The van der Waals surface area contributed by atoms with Gasteiger partial charge in [0.15, 0.2) is 17.4 Å². The lowest BCUT2D eigenvalue weighted by Gasteiger charge is -2.12. The lowest BCUT2D eigenvalue weighted by Crippen LogP contribution is -2.10. The fraction of sp³-hybridized carbons (Fsp3) is 0.200. The minimum absolute atomic E-state index is 0.0626. The predicted octanol–water partition coefficient (Wildman–Crippen LogP) is 5.89. The summed E-state index contributed by atoms with van der Waals surface area (Å²) in [6, 6.07) is 7.39. The van der Waals surface area contributed by atoms with Gasteiger partial charge in [0.1, 0.15) is 12.3 Å². The maximum absolute atomic E-state index is 14.3. The molecule has 11 heteroatoms. The van der Waals surface area contributed by atoms with Gasteiger partial charge >= 0.3 is 12.1 Å². The van der Waals surface area contributed by atoms with Gasteiger partial charge in [-0.25, -0.2) is 8.78 Å². The third kappa shape index (κ3) is 5.32. The summed E-state index contributed by atoms with van der Waals surface area (Å²) in [4.78, 5) is 10.6. The van der Waals surface area contributed by atoms with Crippen LogP contribution >= 0.6 is 11.6 Å². The number of rotatable bonds is 7. The van der Waals surface area contributed by atoms with E-state index >= 15 is 0 Å². The molecule has 5 nitrogen and oxygen atoms in total. The average molecular weight is 462 g/mol. The van der Waals surface area contributed by atoms with E-state index in [1.807, 2.05) is 0 Å². The van der Waals surface area contributed by atoms with E-state index in [4.69, 9.17) is 21.4 Å². The SMILES string of the molecule is O=C(O)CCc1cc(F)c(OCc2c(-c3ccc(Cl)cc3)noc2C(F)(F)F)c(F)c1. The number of carbonyl (C=O) groups is 1. The van der Waals surface area contributed by atoms with Crippen LogP contribution in [0, 0.1) is 11.6 Å². The molecule has 0 aliphatic carbocycles. The Bertz CT molecular complexity index is 1070. The van der Waals surface area contributed by atoms with E-state index in [0.29, 0.717) is 5.02 Å². The molecule has 0 saturated carbocycles. The number of hydrogen-bond acceptors (Lipinski definition) is 4. The highest BCUT2D eigenvalue weighted by molar-refractivity contribution is 6.30. The van der Waals surface area contributed by atoms with Crippen molar-refractivity contribution < 1.29 is 41.1 Å². The van der Waals surface area contributed by atoms with Crippen LogP contribution in [0.5, 0.6) is 5.75 Å². The third-order valence-corrected chi connectivity index (χ3v) is 4.46. The Balaban J connectivity index is 1.91. The zero-order chi connectivity index (χ0) is 22.8. The molecule has 0 radical (unpaired) electrons. The van der Waals surface area contributed by atoms with Gasteiger partial charge in [0.05, 0.1) is 5.56 Å². The summed E-state index contributed by atoms with van der Waals surface area (Å²) in [7, 11) is 0. The lowest BCUT2D eigenvalue weighted by molar-refractivity contribution is -0.156. The van der Waals surface area contributed by atoms with Crippen LogP contribution in [0.15, 0.2) is 40.9 Å². The molecule has 0 bridgehead atoms. The van der Waals surface area contributed by atoms with Crippen LogP contribution in [0.4, 0.5) is 22.0 Å². The molecule has 1 N–H and O–H groups in total. The van der Waals surface area contributed by atoms with Crippen molar-refractivity contribution in [3.05, 3.63) is 69.9 Å². The van der Waals surface area contributed by atoms with Gasteiger partial charge in [-0.05, 0) is 36.2 Å². The second kappa shape index (κ2) is 8.93. The van der Waals surface area contributed by atoms with Crippen molar-refractivity contribution >= 4 is 17.6 Å². The van der Waals surface area contributed by atoms with Crippen LogP contribution in [-0.2, 0) is 24.0 Å². The molecule has 0 fully saturated rings. The minimum atomic E-state index is -4.92. The van der Waals surface area contributed by atoms with E-state index in [1.54, 1.807) is 0 Å². The van der Waals surface area contributed by atoms with Crippen molar-refractivity contribution in [1.82, 2.24) is 5.16 Å². The largest absolute Gasteiger partial charge is 0.483 e. The summed E-state index contributed by atoms with van der Waals surface area (Å²) in [6.45, 7) is -0.890. The highest BCUT2D eigenvalue weighted by Gasteiger charge is 2.41. The molecule has 31 heavy (non-hydrogen) atoms. The van der Waals surface area contributed by atoms with Crippen LogP contribution in [0.25, 0.3) is 11.3 Å². The summed E-state index contributed by atoms with van der Waals surface area (Å²) in [5, 5.41) is 12.4. The number of aliphatic carboxylic acids is 1.